The minimum atomic E-state index is -0.241. The van der Waals surface area contributed by atoms with Crippen LogP contribution in [0.15, 0.2) is 95.2 Å². The van der Waals surface area contributed by atoms with Gasteiger partial charge in [0.2, 0.25) is 0 Å². The van der Waals surface area contributed by atoms with Crippen LogP contribution in [0.1, 0.15) is 11.1 Å². The van der Waals surface area contributed by atoms with E-state index >= 15 is 0 Å². The van der Waals surface area contributed by atoms with Crippen LogP contribution in [0.3, 0.4) is 0 Å². The van der Waals surface area contributed by atoms with Gasteiger partial charge in [-0.25, -0.2) is 9.13 Å². The van der Waals surface area contributed by atoms with Gasteiger partial charge in [-0.1, -0.05) is 23.9 Å². The molecule has 10 bridgehead atoms. The molecule has 0 aliphatic carbocycles. The molecule has 0 radical (unpaired) electrons. The molecule has 2 aromatic carbocycles. The molecule has 4 aromatic rings. The molecule has 7 nitrogen and oxygen atoms in total. The smallest absolute Gasteiger partial charge is 0.310 e. The van der Waals surface area contributed by atoms with Crippen molar-refractivity contribution in [2.24, 2.45) is 0 Å². The highest BCUT2D eigenvalue weighted by molar-refractivity contribution is 7.99. The Balaban J connectivity index is 1.25. The van der Waals surface area contributed by atoms with Gasteiger partial charge < -0.3 is 14.4 Å². The third-order valence-electron chi connectivity index (χ3n) is 7.03. The summed E-state index contributed by atoms with van der Waals surface area (Å²) in [6, 6.07) is 20.4. The summed E-state index contributed by atoms with van der Waals surface area (Å²) < 4.78 is 15.1. The lowest BCUT2D eigenvalue weighted by Gasteiger charge is -2.30. The summed E-state index contributed by atoms with van der Waals surface area (Å²) in [5.74, 6) is -0.480. The number of ether oxygens (including phenoxy) is 2. The number of rotatable bonds is 0. The second-order valence-electron chi connectivity index (χ2n) is 9.71. The van der Waals surface area contributed by atoms with Crippen LogP contribution in [0.25, 0.3) is 11.1 Å². The number of hydrogen-bond acceptors (Lipinski definition) is 6. The van der Waals surface area contributed by atoms with Crippen LogP contribution in [0.2, 0.25) is 0 Å². The van der Waals surface area contributed by atoms with Crippen LogP contribution in [-0.2, 0) is 45.0 Å². The Morgan fingerprint density at radius 3 is 1.79 bits per heavy atom. The summed E-state index contributed by atoms with van der Waals surface area (Å²) in [7, 11) is 2.02. The molecule has 0 unspecified atom stereocenters. The van der Waals surface area contributed by atoms with Crippen LogP contribution in [0.5, 0.6) is 0 Å². The zero-order valence-corrected chi connectivity index (χ0v) is 22.5. The van der Waals surface area contributed by atoms with Gasteiger partial charge in [0, 0.05) is 41.1 Å². The topological polar surface area (TPSA) is 63.6 Å². The van der Waals surface area contributed by atoms with Crippen molar-refractivity contribution < 1.29 is 28.2 Å². The lowest BCUT2D eigenvalue weighted by Crippen LogP contribution is -2.36. The number of hydrogen-bond donors (Lipinski definition) is 0. The molecule has 0 fully saturated rings. The summed E-state index contributed by atoms with van der Waals surface area (Å²) in [5, 5.41) is 0. The molecule has 0 atom stereocenters. The first-order valence-electron chi connectivity index (χ1n) is 13.0. The van der Waals surface area contributed by atoms with E-state index in [0.717, 1.165) is 43.4 Å². The molecule has 8 heteroatoms. The van der Waals surface area contributed by atoms with E-state index in [9.17, 15) is 9.59 Å². The molecule has 0 saturated carbocycles. The molecule has 196 valence electrons. The van der Waals surface area contributed by atoms with Gasteiger partial charge in [0.1, 0.15) is 0 Å². The van der Waals surface area contributed by atoms with E-state index in [1.54, 1.807) is 11.8 Å². The Hall–Kier alpha value is -4.17. The fourth-order valence-corrected chi connectivity index (χ4v) is 6.05. The molecule has 0 amide bonds. The maximum atomic E-state index is 12.6. The van der Waals surface area contributed by atoms with E-state index in [2.05, 4.69) is 17.0 Å². The fraction of sp³-hybridized carbons (Fsp3) is 0.226. The van der Waals surface area contributed by atoms with Crippen molar-refractivity contribution in [3.8, 4) is 11.1 Å². The van der Waals surface area contributed by atoms with Crippen LogP contribution in [0.4, 0.5) is 11.4 Å². The average Bonchev–Trinajstić information content (AvgIpc) is 2.94. The first-order valence-corrected chi connectivity index (χ1v) is 13.8. The molecule has 13 rings (SSSR count). The SMILES string of the molecule is CN1c2ccc3cc2Sc2ccc(cc21)CC(=O)OCC[n+]1ccc(cc1)-c1cc[n+](cc1)CCOC(=O)C3. The van der Waals surface area contributed by atoms with Gasteiger partial charge in [0.25, 0.3) is 0 Å². The van der Waals surface area contributed by atoms with Crippen LogP contribution in [0, 0.1) is 0 Å². The fourth-order valence-electron chi connectivity index (χ4n) is 4.86. The quantitative estimate of drug-likeness (QED) is 0.248. The highest BCUT2D eigenvalue weighted by Gasteiger charge is 2.22. The first-order chi connectivity index (χ1) is 19.0. The van der Waals surface area contributed by atoms with Gasteiger partial charge in [-0.05, 0) is 46.5 Å². The first kappa shape index (κ1) is 25.1. The predicted molar refractivity (Wildman–Crippen MR) is 147 cm³/mol. The highest BCUT2D eigenvalue weighted by atomic mass is 32.2. The number of carbonyl (C=O) groups excluding carboxylic acids is 2. The minimum absolute atomic E-state index is 0.220. The van der Waals surface area contributed by atoms with Crippen molar-refractivity contribution >= 4 is 35.1 Å². The second-order valence-corrected chi connectivity index (χ2v) is 10.8. The van der Waals surface area contributed by atoms with Crippen LogP contribution >= 0.6 is 11.8 Å². The third-order valence-corrected chi connectivity index (χ3v) is 8.14. The Labute approximate surface area is 231 Å². The number of nitrogens with zero attached hydrogens (tertiary/aromatic N) is 3. The molecule has 11 heterocycles. The number of carbonyl (C=O) groups is 2. The van der Waals surface area contributed by atoms with Crippen molar-refractivity contribution in [2.75, 3.05) is 25.2 Å². The van der Waals surface area contributed by atoms with E-state index in [4.69, 9.17) is 9.47 Å². The highest BCUT2D eigenvalue weighted by Crippen LogP contribution is 2.48. The zero-order chi connectivity index (χ0) is 26.8. The van der Waals surface area contributed by atoms with E-state index in [1.807, 2.05) is 89.5 Å². The summed E-state index contributed by atoms with van der Waals surface area (Å²) in [6.07, 6.45) is 8.41. The Kier molecular flexibility index (Phi) is 7.02. The van der Waals surface area contributed by atoms with E-state index in [1.165, 1.54) is 0 Å². The predicted octanol–water partition coefficient (Wildman–Crippen LogP) is 4.05. The average molecular weight is 540 g/mol. The van der Waals surface area contributed by atoms with Crippen molar-refractivity contribution in [1.29, 1.82) is 0 Å². The maximum absolute atomic E-state index is 12.6. The molecular weight excluding hydrogens is 510 g/mol. The number of benzene rings is 2. The van der Waals surface area contributed by atoms with Gasteiger partial charge in [-0.2, -0.15) is 0 Å². The number of aromatic nitrogens is 2. The van der Waals surface area contributed by atoms with Crippen LogP contribution < -0.4 is 14.0 Å². The van der Waals surface area contributed by atoms with Crippen molar-refractivity contribution in [1.82, 2.24) is 0 Å². The van der Waals surface area contributed by atoms with Gasteiger partial charge in [-0.15, -0.1) is 0 Å². The minimum Gasteiger partial charge on any atom is -0.459 e. The lowest BCUT2D eigenvalue weighted by atomic mass is 10.1. The molecule has 39 heavy (non-hydrogen) atoms. The van der Waals surface area contributed by atoms with Crippen LogP contribution in [-0.4, -0.2) is 32.2 Å². The molecule has 2 aromatic heterocycles. The second kappa shape index (κ2) is 10.9. The zero-order valence-electron chi connectivity index (χ0n) is 21.7. The van der Waals surface area contributed by atoms with Gasteiger partial charge >= 0.3 is 11.9 Å². The Morgan fingerprint density at radius 1 is 0.667 bits per heavy atom. The monoisotopic (exact) mass is 539 g/mol. The number of esters is 2. The Morgan fingerprint density at radius 2 is 1.21 bits per heavy atom. The normalized spacial score (nSPS) is 15.6. The van der Waals surface area contributed by atoms with E-state index in [0.29, 0.717) is 26.3 Å². The molecule has 9 aliphatic heterocycles. The number of anilines is 2. The Bertz CT molecular complexity index is 1540. The maximum Gasteiger partial charge on any atom is 0.310 e. The summed E-state index contributed by atoms with van der Waals surface area (Å²) in [6.45, 7) is 1.80. The largest absolute Gasteiger partial charge is 0.459 e. The van der Waals surface area contributed by atoms with Crippen molar-refractivity contribution in [3.63, 3.8) is 0 Å². The van der Waals surface area contributed by atoms with Gasteiger partial charge in [0.15, 0.2) is 51.1 Å². The summed E-state index contributed by atoms with van der Waals surface area (Å²) in [5.41, 5.74) is 6.14. The van der Waals surface area contributed by atoms with Gasteiger partial charge in [-0.3, -0.25) is 9.59 Å². The molecule has 0 N–H and O–H groups in total. The van der Waals surface area contributed by atoms with E-state index < -0.39 is 0 Å². The van der Waals surface area contributed by atoms with Crippen molar-refractivity contribution in [3.05, 3.63) is 96.6 Å². The molecular formula is C31H29N3O4S+2. The van der Waals surface area contributed by atoms with E-state index in [-0.39, 0.29) is 24.8 Å². The molecule has 0 saturated heterocycles. The number of pyridine rings is 2. The molecule has 0 spiro atoms. The summed E-state index contributed by atoms with van der Waals surface area (Å²) >= 11 is 1.67. The molecule has 9 aliphatic rings. The third kappa shape index (κ3) is 5.66. The van der Waals surface area contributed by atoms with Crippen molar-refractivity contribution in [2.45, 2.75) is 35.7 Å². The summed E-state index contributed by atoms with van der Waals surface area (Å²) in [4.78, 5) is 29.5. The lowest BCUT2D eigenvalue weighted by molar-refractivity contribution is -0.698. The van der Waals surface area contributed by atoms with Gasteiger partial charge in [0.05, 0.1) is 24.2 Å². The standard InChI is InChI=1S/C31H29N3O4S/c1-32-26-4-2-23-19-29(26)39-28-5-3-22(18-27(28)32)20-30(35)37-16-14-33-10-6-24(7-11-33)25-8-12-34(13-9-25)15-17-38-31(36)21-23/h2-13,18-19H,14-17,20-21H2,1H3/q+2.